The predicted molar refractivity (Wildman–Crippen MR) is 67.2 cm³/mol. The fourth-order valence-corrected chi connectivity index (χ4v) is 2.19. The molecule has 2 N–H and O–H groups in total. The summed E-state index contributed by atoms with van der Waals surface area (Å²) >= 11 is 0. The van der Waals surface area contributed by atoms with Crippen LogP contribution in [0.4, 0.5) is 14.5 Å². The molecule has 6 heteroatoms. The molecule has 1 aliphatic rings. The van der Waals surface area contributed by atoms with Crippen LogP contribution in [-0.2, 0) is 4.79 Å². The minimum atomic E-state index is -0.836. The summed E-state index contributed by atoms with van der Waals surface area (Å²) < 4.78 is 31.4. The third-order valence-electron chi connectivity index (χ3n) is 3.08. The van der Waals surface area contributed by atoms with Crippen LogP contribution in [0.15, 0.2) is 12.1 Å². The van der Waals surface area contributed by atoms with Crippen LogP contribution in [0.2, 0.25) is 0 Å². The van der Waals surface area contributed by atoms with E-state index in [1.807, 2.05) is 0 Å². The molecule has 1 aliphatic heterocycles. The van der Waals surface area contributed by atoms with Crippen molar-refractivity contribution in [2.24, 2.45) is 0 Å². The second kappa shape index (κ2) is 5.97. The number of methoxy groups -OCH3 is 1. The lowest BCUT2D eigenvalue weighted by Gasteiger charge is -2.11. The normalized spacial score (nSPS) is 18.4. The van der Waals surface area contributed by atoms with Crippen molar-refractivity contribution in [2.45, 2.75) is 25.3 Å². The van der Waals surface area contributed by atoms with E-state index in [4.69, 9.17) is 0 Å². The average Bonchev–Trinajstić information content (AvgIpc) is 2.81. The van der Waals surface area contributed by atoms with Crippen molar-refractivity contribution in [1.29, 1.82) is 0 Å². The van der Waals surface area contributed by atoms with Gasteiger partial charge in [-0.25, -0.2) is 8.78 Å². The zero-order chi connectivity index (χ0) is 13.8. The molecule has 1 heterocycles. The Labute approximate surface area is 110 Å². The van der Waals surface area contributed by atoms with Crippen LogP contribution >= 0.6 is 0 Å². The number of hydrogen-bond acceptors (Lipinski definition) is 3. The van der Waals surface area contributed by atoms with Gasteiger partial charge < -0.3 is 15.4 Å². The van der Waals surface area contributed by atoms with Crippen molar-refractivity contribution in [3.8, 4) is 5.75 Å². The first-order valence-corrected chi connectivity index (χ1v) is 6.16. The van der Waals surface area contributed by atoms with Crippen LogP contribution in [0.3, 0.4) is 0 Å². The molecule has 104 valence electrons. The van der Waals surface area contributed by atoms with E-state index < -0.39 is 17.4 Å². The quantitative estimate of drug-likeness (QED) is 0.880. The highest BCUT2D eigenvalue weighted by atomic mass is 19.1. The lowest BCUT2D eigenvalue weighted by Crippen LogP contribution is -2.27. The maximum Gasteiger partial charge on any atom is 0.225 e. The number of nitrogens with one attached hydrogen (secondary N) is 2. The third kappa shape index (κ3) is 3.41. The van der Waals surface area contributed by atoms with E-state index in [0.29, 0.717) is 6.42 Å². The van der Waals surface area contributed by atoms with Crippen LogP contribution in [-0.4, -0.2) is 25.6 Å². The summed E-state index contributed by atoms with van der Waals surface area (Å²) in [6, 6.07) is 2.23. The number of carbonyl (C=O) groups is 1. The van der Waals surface area contributed by atoms with Gasteiger partial charge in [0.2, 0.25) is 5.91 Å². The van der Waals surface area contributed by atoms with Gasteiger partial charge in [-0.05, 0) is 19.4 Å². The number of rotatable bonds is 4. The number of hydrogen-bond donors (Lipinski definition) is 2. The molecule has 0 bridgehead atoms. The Morgan fingerprint density at radius 3 is 2.68 bits per heavy atom. The van der Waals surface area contributed by atoms with Crippen molar-refractivity contribution >= 4 is 11.6 Å². The Morgan fingerprint density at radius 2 is 2.16 bits per heavy atom. The van der Waals surface area contributed by atoms with Crippen molar-refractivity contribution in [3.63, 3.8) is 0 Å². The fraction of sp³-hybridized carbons (Fsp3) is 0.462. The Morgan fingerprint density at radius 1 is 1.47 bits per heavy atom. The molecule has 0 radical (unpaired) electrons. The Hall–Kier alpha value is -1.69. The summed E-state index contributed by atoms with van der Waals surface area (Å²) in [5.74, 6) is -2.38. The maximum absolute atomic E-state index is 13.4. The van der Waals surface area contributed by atoms with Gasteiger partial charge in [0.05, 0.1) is 7.11 Å². The third-order valence-corrected chi connectivity index (χ3v) is 3.08. The van der Waals surface area contributed by atoms with Crippen LogP contribution in [0, 0.1) is 11.6 Å². The minimum absolute atomic E-state index is 0.0961. The molecule has 1 saturated heterocycles. The maximum atomic E-state index is 13.4. The highest BCUT2D eigenvalue weighted by Gasteiger charge is 2.18. The highest BCUT2D eigenvalue weighted by Crippen LogP contribution is 2.25. The first kappa shape index (κ1) is 13.7. The van der Waals surface area contributed by atoms with Gasteiger partial charge in [0.25, 0.3) is 0 Å². The van der Waals surface area contributed by atoms with Crippen molar-refractivity contribution in [3.05, 3.63) is 23.8 Å². The second-order valence-electron chi connectivity index (χ2n) is 4.52. The number of benzene rings is 1. The van der Waals surface area contributed by atoms with E-state index in [0.717, 1.165) is 31.5 Å². The van der Waals surface area contributed by atoms with E-state index >= 15 is 0 Å². The highest BCUT2D eigenvalue weighted by molar-refractivity contribution is 5.91. The first-order valence-electron chi connectivity index (χ1n) is 6.16. The SMILES string of the molecule is COc1c(F)cc(NC(=O)CC2CCCN2)cc1F. The van der Waals surface area contributed by atoms with Gasteiger partial charge in [-0.2, -0.15) is 0 Å². The number of ether oxygens (including phenoxy) is 1. The second-order valence-corrected chi connectivity index (χ2v) is 4.52. The van der Waals surface area contributed by atoms with E-state index in [2.05, 4.69) is 15.4 Å². The molecule has 0 spiro atoms. The molecular weight excluding hydrogens is 254 g/mol. The zero-order valence-electron chi connectivity index (χ0n) is 10.6. The van der Waals surface area contributed by atoms with Gasteiger partial charge in [-0.15, -0.1) is 0 Å². The largest absolute Gasteiger partial charge is 0.491 e. The summed E-state index contributed by atoms with van der Waals surface area (Å²) in [6.45, 7) is 0.906. The van der Waals surface area contributed by atoms with Gasteiger partial charge in [0, 0.05) is 30.3 Å². The van der Waals surface area contributed by atoms with Gasteiger partial charge in [-0.1, -0.05) is 0 Å². The molecule has 19 heavy (non-hydrogen) atoms. The summed E-state index contributed by atoms with van der Waals surface area (Å²) in [5, 5.41) is 5.67. The van der Waals surface area contributed by atoms with E-state index in [9.17, 15) is 13.6 Å². The number of carbonyl (C=O) groups excluding carboxylic acids is 1. The van der Waals surface area contributed by atoms with E-state index in [-0.39, 0.29) is 17.6 Å². The van der Waals surface area contributed by atoms with Crippen LogP contribution in [0.5, 0.6) is 5.75 Å². The number of halogens is 2. The fourth-order valence-electron chi connectivity index (χ4n) is 2.19. The van der Waals surface area contributed by atoms with Gasteiger partial charge in [-0.3, -0.25) is 4.79 Å². The Kier molecular flexibility index (Phi) is 4.31. The molecular formula is C13H16F2N2O2. The van der Waals surface area contributed by atoms with Crippen molar-refractivity contribution < 1.29 is 18.3 Å². The predicted octanol–water partition coefficient (Wildman–Crippen LogP) is 2.05. The smallest absolute Gasteiger partial charge is 0.225 e. The van der Waals surface area contributed by atoms with E-state index in [1.165, 1.54) is 7.11 Å². The molecule has 1 atom stereocenters. The van der Waals surface area contributed by atoms with Crippen LogP contribution < -0.4 is 15.4 Å². The topological polar surface area (TPSA) is 50.4 Å². The molecule has 0 aliphatic carbocycles. The molecule has 1 fully saturated rings. The summed E-state index contributed by atoms with van der Waals surface area (Å²) in [5.41, 5.74) is 0.0961. The summed E-state index contributed by atoms with van der Waals surface area (Å²) in [7, 11) is 1.19. The molecule has 1 amide bonds. The summed E-state index contributed by atoms with van der Waals surface area (Å²) in [4.78, 5) is 11.7. The molecule has 4 nitrogen and oxygen atoms in total. The molecule has 1 aromatic carbocycles. The molecule has 2 rings (SSSR count). The van der Waals surface area contributed by atoms with E-state index in [1.54, 1.807) is 0 Å². The minimum Gasteiger partial charge on any atom is -0.491 e. The zero-order valence-corrected chi connectivity index (χ0v) is 10.6. The van der Waals surface area contributed by atoms with Crippen LogP contribution in [0.1, 0.15) is 19.3 Å². The number of anilines is 1. The summed E-state index contributed by atoms with van der Waals surface area (Å²) in [6.07, 6.45) is 2.29. The Balaban J connectivity index is 2.00. The standard InChI is InChI=1S/C13H16F2N2O2/c1-19-13-10(14)5-9(6-11(13)15)17-12(18)7-8-3-2-4-16-8/h5-6,8,16H,2-4,7H2,1H3,(H,17,18). The van der Waals surface area contributed by atoms with Gasteiger partial charge >= 0.3 is 0 Å². The van der Waals surface area contributed by atoms with Crippen LogP contribution in [0.25, 0.3) is 0 Å². The molecule has 1 unspecified atom stereocenters. The molecule has 1 aromatic rings. The first-order chi connectivity index (χ1) is 9.10. The average molecular weight is 270 g/mol. The van der Waals surface area contributed by atoms with Gasteiger partial charge in [0.15, 0.2) is 17.4 Å². The monoisotopic (exact) mass is 270 g/mol. The molecule has 0 aromatic heterocycles. The van der Waals surface area contributed by atoms with Gasteiger partial charge in [0.1, 0.15) is 0 Å². The lowest BCUT2D eigenvalue weighted by molar-refractivity contribution is -0.116. The Bertz CT molecular complexity index is 451. The molecule has 0 saturated carbocycles. The van der Waals surface area contributed by atoms with Crippen molar-refractivity contribution in [1.82, 2.24) is 5.32 Å². The number of amides is 1. The van der Waals surface area contributed by atoms with Crippen molar-refractivity contribution in [2.75, 3.05) is 19.0 Å². The lowest BCUT2D eigenvalue weighted by atomic mass is 10.1.